The molecule has 1 saturated carbocycles. The van der Waals surface area contributed by atoms with E-state index in [-0.39, 0.29) is 35.8 Å². The fourth-order valence-corrected chi connectivity index (χ4v) is 3.39. The number of aliphatic imine (C=N–C) groups is 1. The van der Waals surface area contributed by atoms with Crippen LogP contribution in [0.25, 0.3) is 0 Å². The number of rotatable bonds is 5. The Balaban J connectivity index is 0.00000312. The van der Waals surface area contributed by atoms with Gasteiger partial charge in [-0.3, -0.25) is 9.79 Å². The average Bonchev–Trinajstić information content (AvgIpc) is 3.02. The number of carbonyl (C=O) groups is 1. The molecule has 0 aliphatic heterocycles. The van der Waals surface area contributed by atoms with Crippen molar-refractivity contribution in [1.82, 2.24) is 4.90 Å². The van der Waals surface area contributed by atoms with Crippen molar-refractivity contribution in [3.8, 4) is 5.75 Å². The highest BCUT2D eigenvalue weighted by molar-refractivity contribution is 14.0. The highest BCUT2D eigenvalue weighted by atomic mass is 127. The van der Waals surface area contributed by atoms with Crippen molar-refractivity contribution in [1.29, 1.82) is 0 Å². The van der Waals surface area contributed by atoms with Gasteiger partial charge in [0.15, 0.2) is 5.96 Å². The van der Waals surface area contributed by atoms with Gasteiger partial charge in [0.25, 0.3) is 0 Å². The van der Waals surface area contributed by atoms with Crippen LogP contribution in [-0.4, -0.2) is 44.5 Å². The predicted molar refractivity (Wildman–Crippen MR) is 113 cm³/mol. The number of ether oxygens (including phenoxy) is 1. The largest absolute Gasteiger partial charge is 0.495 e. The summed E-state index contributed by atoms with van der Waals surface area (Å²) in [6.07, 6.45) is 3.82. The Labute approximate surface area is 171 Å². The Morgan fingerprint density at radius 1 is 1.40 bits per heavy atom. The number of anilines is 1. The number of methoxy groups -OCH3 is 1. The normalized spacial score (nSPS) is 16.1. The van der Waals surface area contributed by atoms with Crippen LogP contribution in [0.15, 0.2) is 23.2 Å². The number of amides is 1. The highest BCUT2D eigenvalue weighted by Crippen LogP contribution is 2.39. The molecule has 25 heavy (non-hydrogen) atoms. The van der Waals surface area contributed by atoms with E-state index in [1.165, 1.54) is 0 Å². The number of guanidine groups is 1. The van der Waals surface area contributed by atoms with Crippen LogP contribution < -0.4 is 15.8 Å². The van der Waals surface area contributed by atoms with Crippen molar-refractivity contribution in [2.45, 2.75) is 25.7 Å². The Morgan fingerprint density at radius 3 is 2.56 bits per heavy atom. The lowest BCUT2D eigenvalue weighted by atomic mass is 9.85. The molecule has 1 aromatic carbocycles. The van der Waals surface area contributed by atoms with Gasteiger partial charge in [0.2, 0.25) is 5.91 Å². The Bertz CT molecular complexity index is 631. The van der Waals surface area contributed by atoms with Crippen LogP contribution in [0.1, 0.15) is 25.7 Å². The van der Waals surface area contributed by atoms with Crippen molar-refractivity contribution in [2.75, 3.05) is 33.1 Å². The van der Waals surface area contributed by atoms with Crippen molar-refractivity contribution in [2.24, 2.45) is 16.1 Å². The van der Waals surface area contributed by atoms with Gasteiger partial charge < -0.3 is 20.7 Å². The quantitative estimate of drug-likeness (QED) is 0.385. The van der Waals surface area contributed by atoms with Crippen molar-refractivity contribution in [3.05, 3.63) is 23.2 Å². The number of halogens is 2. The fraction of sp³-hybridized carbons (Fsp3) is 0.529. The van der Waals surface area contributed by atoms with Gasteiger partial charge in [0, 0.05) is 19.8 Å². The van der Waals surface area contributed by atoms with E-state index in [0.29, 0.717) is 17.3 Å². The molecule has 1 aliphatic carbocycles. The van der Waals surface area contributed by atoms with Crippen LogP contribution in [0.3, 0.4) is 0 Å². The van der Waals surface area contributed by atoms with Gasteiger partial charge in [-0.15, -0.1) is 24.0 Å². The molecule has 0 atom stereocenters. The maximum Gasteiger partial charge on any atom is 0.230 e. The minimum absolute atomic E-state index is 0. The van der Waals surface area contributed by atoms with E-state index >= 15 is 0 Å². The van der Waals surface area contributed by atoms with Gasteiger partial charge in [0.05, 0.1) is 24.1 Å². The number of nitrogens with two attached hydrogens (primary N) is 1. The Hall–Kier alpha value is -1.22. The minimum Gasteiger partial charge on any atom is -0.495 e. The molecule has 1 aliphatic rings. The first-order valence-corrected chi connectivity index (χ1v) is 8.38. The first-order valence-electron chi connectivity index (χ1n) is 8.00. The lowest BCUT2D eigenvalue weighted by molar-refractivity contribution is -0.138. The third kappa shape index (κ3) is 5.37. The van der Waals surface area contributed by atoms with Gasteiger partial charge in [-0.25, -0.2) is 0 Å². The van der Waals surface area contributed by atoms with Crippen LogP contribution in [0.4, 0.5) is 5.69 Å². The lowest BCUT2D eigenvalue weighted by Gasteiger charge is -2.29. The fourth-order valence-electron chi connectivity index (χ4n) is 3.13. The standard InChI is InChI=1S/C17H25ClN4O2.HI/c1-22(2)15(23)17(8-4-5-9-17)11-20-16(19)21-12-6-7-14(24-3)13(18)10-12;/h6-7,10H,4-5,8-9,11H2,1-3H3,(H3,19,20,21);1H. The second-order valence-electron chi connectivity index (χ2n) is 6.36. The molecule has 1 fully saturated rings. The molecule has 0 radical (unpaired) electrons. The zero-order valence-electron chi connectivity index (χ0n) is 14.8. The summed E-state index contributed by atoms with van der Waals surface area (Å²) < 4.78 is 5.12. The van der Waals surface area contributed by atoms with E-state index < -0.39 is 5.41 Å². The van der Waals surface area contributed by atoms with Crippen LogP contribution in [0.2, 0.25) is 5.02 Å². The number of nitrogens with one attached hydrogen (secondary N) is 1. The molecule has 0 spiro atoms. The molecule has 0 unspecified atom stereocenters. The summed E-state index contributed by atoms with van der Waals surface area (Å²) >= 11 is 6.10. The zero-order chi connectivity index (χ0) is 17.7. The van der Waals surface area contributed by atoms with Gasteiger partial charge in [0.1, 0.15) is 5.75 Å². The summed E-state index contributed by atoms with van der Waals surface area (Å²) in [7, 11) is 5.13. The summed E-state index contributed by atoms with van der Waals surface area (Å²) in [5.41, 5.74) is 6.28. The molecule has 6 nitrogen and oxygen atoms in total. The van der Waals surface area contributed by atoms with E-state index in [1.807, 2.05) is 6.07 Å². The molecule has 0 bridgehead atoms. The molecule has 0 heterocycles. The molecule has 1 amide bonds. The van der Waals surface area contributed by atoms with Crippen LogP contribution in [0.5, 0.6) is 5.75 Å². The SMILES string of the molecule is COc1ccc(NC(N)=NCC2(C(=O)N(C)C)CCCC2)cc1Cl.I. The lowest BCUT2D eigenvalue weighted by Crippen LogP contribution is -2.41. The summed E-state index contributed by atoms with van der Waals surface area (Å²) in [6.45, 7) is 0.396. The topological polar surface area (TPSA) is 80.0 Å². The van der Waals surface area contributed by atoms with Crippen molar-refractivity contribution < 1.29 is 9.53 Å². The van der Waals surface area contributed by atoms with E-state index in [1.54, 1.807) is 38.2 Å². The molecular weight excluding hydrogens is 455 g/mol. The molecule has 3 N–H and O–H groups in total. The smallest absolute Gasteiger partial charge is 0.230 e. The summed E-state index contributed by atoms with van der Waals surface area (Å²) in [6, 6.07) is 5.29. The Morgan fingerprint density at radius 2 is 2.04 bits per heavy atom. The minimum atomic E-state index is -0.423. The third-order valence-electron chi connectivity index (χ3n) is 4.40. The highest BCUT2D eigenvalue weighted by Gasteiger charge is 2.41. The Kier molecular flexibility index (Phi) is 8.27. The molecular formula is C17H26ClIN4O2. The van der Waals surface area contributed by atoms with E-state index in [2.05, 4.69) is 10.3 Å². The maximum absolute atomic E-state index is 12.5. The summed E-state index contributed by atoms with van der Waals surface area (Å²) in [5.74, 6) is 0.998. The number of carbonyl (C=O) groups excluding carboxylic acids is 1. The molecule has 140 valence electrons. The molecule has 1 aromatic rings. The van der Waals surface area contributed by atoms with Crippen molar-refractivity contribution in [3.63, 3.8) is 0 Å². The van der Waals surface area contributed by atoms with Crippen LogP contribution in [0, 0.1) is 5.41 Å². The number of hydrogen-bond donors (Lipinski definition) is 2. The van der Waals surface area contributed by atoms with Gasteiger partial charge >= 0.3 is 0 Å². The zero-order valence-corrected chi connectivity index (χ0v) is 17.9. The number of benzene rings is 1. The predicted octanol–water partition coefficient (Wildman–Crippen LogP) is 3.34. The summed E-state index contributed by atoms with van der Waals surface area (Å²) in [4.78, 5) is 18.6. The second-order valence-corrected chi connectivity index (χ2v) is 6.77. The molecule has 0 saturated heterocycles. The van der Waals surface area contributed by atoms with Gasteiger partial charge in [-0.1, -0.05) is 24.4 Å². The van der Waals surface area contributed by atoms with Gasteiger partial charge in [-0.05, 0) is 31.0 Å². The third-order valence-corrected chi connectivity index (χ3v) is 4.69. The summed E-state index contributed by atoms with van der Waals surface area (Å²) in [5, 5.41) is 3.50. The van der Waals surface area contributed by atoms with E-state index in [4.69, 9.17) is 22.1 Å². The first-order chi connectivity index (χ1) is 11.4. The van der Waals surface area contributed by atoms with E-state index in [0.717, 1.165) is 31.4 Å². The van der Waals surface area contributed by atoms with Crippen LogP contribution >= 0.6 is 35.6 Å². The van der Waals surface area contributed by atoms with Crippen molar-refractivity contribution >= 4 is 53.1 Å². The first kappa shape index (κ1) is 21.8. The number of nitrogens with zero attached hydrogens (tertiary/aromatic N) is 2. The number of hydrogen-bond acceptors (Lipinski definition) is 3. The van der Waals surface area contributed by atoms with E-state index in [9.17, 15) is 4.79 Å². The van der Waals surface area contributed by atoms with Gasteiger partial charge in [-0.2, -0.15) is 0 Å². The molecule has 0 aromatic heterocycles. The second kappa shape index (κ2) is 9.47. The molecule has 8 heteroatoms. The maximum atomic E-state index is 12.5. The molecule has 2 rings (SSSR count). The van der Waals surface area contributed by atoms with Crippen LogP contribution in [-0.2, 0) is 4.79 Å². The monoisotopic (exact) mass is 480 g/mol. The average molecular weight is 481 g/mol.